The molecule has 0 aromatic rings. The van der Waals surface area contributed by atoms with Gasteiger partial charge in [-0.1, -0.05) is 19.9 Å². The highest BCUT2D eigenvalue weighted by molar-refractivity contribution is 7.60. The average Bonchev–Trinajstić information content (AvgIpc) is 1.80. The minimum atomic E-state index is -5.05. The number of allylic oxidation sites excluding steroid dienone is 1. The van der Waals surface area contributed by atoms with E-state index in [1.54, 1.807) is 0 Å². The molecule has 0 radical (unpaired) electrons. The first-order valence-corrected chi connectivity index (χ1v) is 6.49. The summed E-state index contributed by atoms with van der Waals surface area (Å²) in [5.41, 5.74) is 0. The molecule has 0 aliphatic rings. The van der Waals surface area contributed by atoms with Crippen LogP contribution in [0.4, 0.5) is 0 Å². The van der Waals surface area contributed by atoms with Gasteiger partial charge in [0.1, 0.15) is 0 Å². The number of phosphoric acid groups is 2. The van der Waals surface area contributed by atoms with Crippen molar-refractivity contribution in [2.24, 2.45) is 5.92 Å². The van der Waals surface area contributed by atoms with Gasteiger partial charge >= 0.3 is 15.6 Å². The van der Waals surface area contributed by atoms with E-state index in [4.69, 9.17) is 19.6 Å². The summed E-state index contributed by atoms with van der Waals surface area (Å²) in [5.74, 6) is 0.648. The zero-order valence-corrected chi connectivity index (χ0v) is 9.56. The summed E-state index contributed by atoms with van der Waals surface area (Å²) in [6.45, 7) is 7.77. The molecular weight excluding hydrogens is 234 g/mol. The molecule has 0 rings (SSSR count). The van der Waals surface area contributed by atoms with E-state index in [1.165, 1.54) is 0 Å². The molecule has 0 aliphatic carbocycles. The van der Waals surface area contributed by atoms with Crippen molar-refractivity contribution in [1.29, 1.82) is 0 Å². The van der Waals surface area contributed by atoms with Crippen LogP contribution in [0.25, 0.3) is 0 Å². The van der Waals surface area contributed by atoms with Crippen LogP contribution < -0.4 is 0 Å². The van der Waals surface area contributed by atoms with Gasteiger partial charge in [0, 0.05) is 0 Å². The number of rotatable bonds is 3. The maximum absolute atomic E-state index is 9.63. The van der Waals surface area contributed by atoms with Crippen LogP contribution in [0.2, 0.25) is 0 Å². The van der Waals surface area contributed by atoms with Crippen molar-refractivity contribution in [3.63, 3.8) is 0 Å². The van der Waals surface area contributed by atoms with E-state index in [-0.39, 0.29) is 0 Å². The average molecular weight is 248 g/mol. The third kappa shape index (κ3) is 22.7. The van der Waals surface area contributed by atoms with Gasteiger partial charge in [-0.25, -0.2) is 9.13 Å². The summed E-state index contributed by atoms with van der Waals surface area (Å²) in [6, 6.07) is 0. The second-order valence-electron chi connectivity index (χ2n) is 2.54. The molecule has 0 amide bonds. The highest BCUT2D eigenvalue weighted by Crippen LogP contribution is 2.53. The normalized spacial score (nSPS) is 11.9. The minimum absolute atomic E-state index is 0.648. The summed E-state index contributed by atoms with van der Waals surface area (Å²) >= 11 is 0. The Kier molecular flexibility index (Phi) is 7.60. The zero-order valence-electron chi connectivity index (χ0n) is 7.77. The second kappa shape index (κ2) is 6.48. The smallest absolute Gasteiger partial charge is 0.302 e. The SMILES string of the molecule is C=CC(C)C.O=P(O)(O)OP(=O)(O)O. The number of hydrogen-bond donors (Lipinski definition) is 4. The molecule has 0 aromatic carbocycles. The third-order valence-electron chi connectivity index (χ3n) is 0.684. The molecule has 0 aliphatic heterocycles. The van der Waals surface area contributed by atoms with Crippen molar-refractivity contribution in [3.8, 4) is 0 Å². The van der Waals surface area contributed by atoms with Gasteiger partial charge in [-0.2, -0.15) is 4.31 Å². The van der Waals surface area contributed by atoms with Gasteiger partial charge in [-0.3, -0.25) is 0 Å². The van der Waals surface area contributed by atoms with Crippen LogP contribution in [0, 0.1) is 5.92 Å². The highest BCUT2D eigenvalue weighted by atomic mass is 31.3. The Morgan fingerprint density at radius 3 is 1.36 bits per heavy atom. The van der Waals surface area contributed by atoms with Crippen LogP contribution in [0.5, 0.6) is 0 Å². The molecule has 0 saturated carbocycles. The topological polar surface area (TPSA) is 124 Å². The quantitative estimate of drug-likeness (QED) is 0.434. The summed E-state index contributed by atoms with van der Waals surface area (Å²) in [6.07, 6.45) is 1.92. The lowest BCUT2D eigenvalue weighted by molar-refractivity contribution is 0.225. The highest BCUT2D eigenvalue weighted by Gasteiger charge is 2.27. The molecule has 0 spiro atoms. The van der Waals surface area contributed by atoms with E-state index in [2.05, 4.69) is 24.7 Å². The maximum atomic E-state index is 9.63. The van der Waals surface area contributed by atoms with E-state index in [9.17, 15) is 9.13 Å². The summed E-state index contributed by atoms with van der Waals surface area (Å²) < 4.78 is 22.2. The van der Waals surface area contributed by atoms with E-state index in [0.29, 0.717) is 5.92 Å². The Bertz CT molecular complexity index is 229. The van der Waals surface area contributed by atoms with Gasteiger partial charge in [0.05, 0.1) is 0 Å². The van der Waals surface area contributed by atoms with Crippen molar-refractivity contribution >= 4 is 15.6 Å². The Morgan fingerprint density at radius 2 is 1.36 bits per heavy atom. The van der Waals surface area contributed by atoms with Crippen molar-refractivity contribution in [2.45, 2.75) is 13.8 Å². The summed E-state index contributed by atoms with van der Waals surface area (Å²) in [7, 11) is -10.1. The Hall–Kier alpha value is -0.0000000000000000971. The van der Waals surface area contributed by atoms with Crippen LogP contribution in [-0.4, -0.2) is 19.6 Å². The van der Waals surface area contributed by atoms with Crippen molar-refractivity contribution in [3.05, 3.63) is 12.7 Å². The first-order chi connectivity index (χ1) is 5.98. The molecule has 0 aromatic heterocycles. The van der Waals surface area contributed by atoms with E-state index < -0.39 is 15.6 Å². The largest absolute Gasteiger partial charge is 0.478 e. The van der Waals surface area contributed by atoms with E-state index >= 15 is 0 Å². The van der Waals surface area contributed by atoms with Crippen LogP contribution >= 0.6 is 15.6 Å². The van der Waals surface area contributed by atoms with Gasteiger partial charge in [0.25, 0.3) is 0 Å². The zero-order chi connectivity index (χ0) is 12.0. The fourth-order valence-electron chi connectivity index (χ4n) is 0.139. The first-order valence-electron chi connectivity index (χ1n) is 3.43. The van der Waals surface area contributed by atoms with Crippen molar-refractivity contribution in [2.75, 3.05) is 0 Å². The lowest BCUT2D eigenvalue weighted by Crippen LogP contribution is -1.84. The molecule has 0 saturated heterocycles. The molecule has 14 heavy (non-hydrogen) atoms. The van der Waals surface area contributed by atoms with Gasteiger partial charge in [0.15, 0.2) is 0 Å². The first kappa shape index (κ1) is 16.4. The predicted octanol–water partition coefficient (Wildman–Crippen LogP) is 1.02. The fourth-order valence-corrected chi connectivity index (χ4v) is 1.25. The maximum Gasteiger partial charge on any atom is 0.478 e. The van der Waals surface area contributed by atoms with Gasteiger partial charge in [0.2, 0.25) is 0 Å². The molecule has 7 nitrogen and oxygen atoms in total. The van der Waals surface area contributed by atoms with E-state index in [0.717, 1.165) is 0 Å². The molecule has 0 heterocycles. The van der Waals surface area contributed by atoms with Crippen molar-refractivity contribution < 1.29 is 33.0 Å². The third-order valence-corrected chi connectivity index (χ3v) is 2.39. The molecule has 0 fully saturated rings. The van der Waals surface area contributed by atoms with Crippen LogP contribution in [0.15, 0.2) is 12.7 Å². The Labute approximate surface area is 81.9 Å². The summed E-state index contributed by atoms with van der Waals surface area (Å²) in [4.78, 5) is 31.0. The monoisotopic (exact) mass is 248 g/mol. The molecule has 9 heteroatoms. The fraction of sp³-hybridized carbons (Fsp3) is 0.600. The Balaban J connectivity index is 0. The van der Waals surface area contributed by atoms with Gasteiger partial charge < -0.3 is 19.6 Å². The van der Waals surface area contributed by atoms with Gasteiger partial charge in [-0.05, 0) is 5.92 Å². The molecular formula is C5H14O7P2. The predicted molar refractivity (Wildman–Crippen MR) is 50.2 cm³/mol. The van der Waals surface area contributed by atoms with Gasteiger partial charge in [-0.15, -0.1) is 6.58 Å². The number of hydrogen-bond acceptors (Lipinski definition) is 3. The van der Waals surface area contributed by atoms with Crippen LogP contribution in [0.3, 0.4) is 0 Å². The second-order valence-corrected chi connectivity index (χ2v) is 5.16. The van der Waals surface area contributed by atoms with Crippen LogP contribution in [-0.2, 0) is 13.4 Å². The lowest BCUT2D eigenvalue weighted by Gasteiger charge is -2.03. The minimum Gasteiger partial charge on any atom is -0.302 e. The molecule has 0 atom stereocenters. The summed E-state index contributed by atoms with van der Waals surface area (Å²) in [5, 5.41) is 0. The van der Waals surface area contributed by atoms with Crippen molar-refractivity contribution in [1.82, 2.24) is 0 Å². The van der Waals surface area contributed by atoms with E-state index in [1.807, 2.05) is 6.08 Å². The Morgan fingerprint density at radius 1 is 1.14 bits per heavy atom. The standard InChI is InChI=1S/C5H10.H4O7P2/c1-4-5(2)3;1-8(2,3)7-9(4,5)6/h4-5H,1H2,2-3H3;(H2,1,2,3)(H2,4,5,6). The lowest BCUT2D eigenvalue weighted by atomic mass is 10.2. The molecule has 0 unspecified atom stereocenters. The molecule has 4 N–H and O–H groups in total. The molecule has 86 valence electrons. The van der Waals surface area contributed by atoms with Crippen LogP contribution in [0.1, 0.15) is 13.8 Å². The molecule has 0 bridgehead atoms.